The molecule has 0 bridgehead atoms. The van der Waals surface area contributed by atoms with Gasteiger partial charge in [-0.1, -0.05) is 36.4 Å². The molecule has 0 aliphatic rings. The van der Waals surface area contributed by atoms with Crippen LogP contribution in [0.25, 0.3) is 16.7 Å². The molecule has 0 aliphatic carbocycles. The molecular formula is C18H20O3. The van der Waals surface area contributed by atoms with Gasteiger partial charge >= 0.3 is 0 Å². The smallest absolute Gasteiger partial charge is 0.130 e. The topological polar surface area (TPSA) is 38.7 Å². The summed E-state index contributed by atoms with van der Waals surface area (Å²) in [4.78, 5) is 0. The normalized spacial score (nSPS) is 11.3. The molecule has 2 aromatic carbocycles. The quantitative estimate of drug-likeness (QED) is 0.908. The molecule has 0 aromatic heterocycles. The van der Waals surface area contributed by atoms with Crippen molar-refractivity contribution in [2.45, 2.75) is 6.92 Å². The van der Waals surface area contributed by atoms with Gasteiger partial charge in [0.25, 0.3) is 0 Å². The molecular weight excluding hydrogens is 264 g/mol. The van der Waals surface area contributed by atoms with Crippen molar-refractivity contribution in [1.82, 2.24) is 0 Å². The first kappa shape index (κ1) is 15.1. The number of allylic oxidation sites excluding steroid dienone is 1. The summed E-state index contributed by atoms with van der Waals surface area (Å²) < 4.78 is 10.9. The Bertz CT molecular complexity index is 605. The van der Waals surface area contributed by atoms with Gasteiger partial charge in [-0.05, 0) is 35.8 Å². The standard InChI is InChI=1S/C18H20O3/c1-13(11-12-19)14-7-9-15(10-8-14)18-16(20-2)5-4-6-17(18)21-3/h4-11,19H,12H2,1-3H3/b13-11-. The van der Waals surface area contributed by atoms with Crippen molar-refractivity contribution in [1.29, 1.82) is 0 Å². The number of methoxy groups -OCH3 is 2. The van der Waals surface area contributed by atoms with E-state index in [9.17, 15) is 0 Å². The minimum Gasteiger partial charge on any atom is -0.496 e. The van der Waals surface area contributed by atoms with E-state index in [1.165, 1.54) is 0 Å². The van der Waals surface area contributed by atoms with E-state index in [-0.39, 0.29) is 6.61 Å². The second-order valence-corrected chi connectivity index (χ2v) is 4.68. The lowest BCUT2D eigenvalue weighted by atomic mass is 9.99. The van der Waals surface area contributed by atoms with E-state index >= 15 is 0 Å². The number of aliphatic hydroxyl groups is 1. The lowest BCUT2D eigenvalue weighted by Gasteiger charge is -2.13. The minimum absolute atomic E-state index is 0.0495. The SMILES string of the molecule is COc1cccc(OC)c1-c1ccc(/C(C)=C\CO)cc1. The fraction of sp³-hybridized carbons (Fsp3) is 0.222. The monoisotopic (exact) mass is 284 g/mol. The van der Waals surface area contributed by atoms with Crippen LogP contribution in [0.3, 0.4) is 0 Å². The van der Waals surface area contributed by atoms with Crippen LogP contribution < -0.4 is 9.47 Å². The predicted octanol–water partition coefficient (Wildman–Crippen LogP) is 3.77. The van der Waals surface area contributed by atoms with Crippen LogP contribution in [-0.2, 0) is 0 Å². The second kappa shape index (κ2) is 6.95. The summed E-state index contributed by atoms with van der Waals surface area (Å²) in [5.41, 5.74) is 4.11. The van der Waals surface area contributed by atoms with Crippen molar-refractivity contribution in [2.24, 2.45) is 0 Å². The van der Waals surface area contributed by atoms with Crippen LogP contribution in [-0.4, -0.2) is 25.9 Å². The number of ether oxygens (including phenoxy) is 2. The Morgan fingerprint density at radius 2 is 1.57 bits per heavy atom. The molecule has 0 saturated carbocycles. The maximum absolute atomic E-state index is 8.96. The van der Waals surface area contributed by atoms with Gasteiger partial charge in [0, 0.05) is 0 Å². The summed E-state index contributed by atoms with van der Waals surface area (Å²) in [6.45, 7) is 2.03. The number of rotatable bonds is 5. The molecule has 1 N–H and O–H groups in total. The zero-order valence-electron chi connectivity index (χ0n) is 12.6. The van der Waals surface area contributed by atoms with E-state index in [2.05, 4.69) is 0 Å². The third-order valence-electron chi connectivity index (χ3n) is 3.45. The highest BCUT2D eigenvalue weighted by atomic mass is 16.5. The van der Waals surface area contributed by atoms with Crippen molar-refractivity contribution < 1.29 is 14.6 Å². The fourth-order valence-electron chi connectivity index (χ4n) is 2.29. The third-order valence-corrected chi connectivity index (χ3v) is 3.45. The van der Waals surface area contributed by atoms with Crippen LogP contribution in [0.4, 0.5) is 0 Å². The molecule has 3 nitrogen and oxygen atoms in total. The molecule has 0 heterocycles. The van der Waals surface area contributed by atoms with Crippen molar-refractivity contribution in [3.63, 3.8) is 0 Å². The number of aliphatic hydroxyl groups excluding tert-OH is 1. The number of benzene rings is 2. The summed E-state index contributed by atoms with van der Waals surface area (Å²) in [5.74, 6) is 1.56. The molecule has 0 amide bonds. The van der Waals surface area contributed by atoms with Crippen LogP contribution in [0.1, 0.15) is 12.5 Å². The molecule has 21 heavy (non-hydrogen) atoms. The Kier molecular flexibility index (Phi) is 5.01. The molecule has 0 radical (unpaired) electrons. The highest BCUT2D eigenvalue weighted by molar-refractivity contribution is 5.78. The van der Waals surface area contributed by atoms with Gasteiger partial charge in [0.2, 0.25) is 0 Å². The lowest BCUT2D eigenvalue weighted by molar-refractivity contribution is 0.343. The predicted molar refractivity (Wildman–Crippen MR) is 85.7 cm³/mol. The molecule has 0 atom stereocenters. The van der Waals surface area contributed by atoms with Crippen LogP contribution in [0.5, 0.6) is 11.5 Å². The van der Waals surface area contributed by atoms with E-state index < -0.39 is 0 Å². The minimum atomic E-state index is 0.0495. The van der Waals surface area contributed by atoms with Crippen LogP contribution in [0.2, 0.25) is 0 Å². The van der Waals surface area contributed by atoms with E-state index in [1.807, 2.05) is 49.4 Å². The Balaban J connectivity index is 2.46. The van der Waals surface area contributed by atoms with Gasteiger partial charge in [-0.15, -0.1) is 0 Å². The Morgan fingerprint density at radius 3 is 2.05 bits per heavy atom. The van der Waals surface area contributed by atoms with E-state index in [1.54, 1.807) is 20.3 Å². The zero-order valence-corrected chi connectivity index (χ0v) is 12.6. The summed E-state index contributed by atoms with van der Waals surface area (Å²) in [6.07, 6.45) is 1.79. The molecule has 110 valence electrons. The van der Waals surface area contributed by atoms with Gasteiger partial charge in [-0.3, -0.25) is 0 Å². The van der Waals surface area contributed by atoms with Gasteiger partial charge in [0.15, 0.2) is 0 Å². The second-order valence-electron chi connectivity index (χ2n) is 4.68. The Hall–Kier alpha value is -2.26. The molecule has 0 fully saturated rings. The van der Waals surface area contributed by atoms with E-state index in [0.717, 1.165) is 33.8 Å². The molecule has 0 spiro atoms. The van der Waals surface area contributed by atoms with Crippen LogP contribution >= 0.6 is 0 Å². The van der Waals surface area contributed by atoms with Gasteiger partial charge in [-0.2, -0.15) is 0 Å². The molecule has 0 unspecified atom stereocenters. The van der Waals surface area contributed by atoms with Crippen molar-refractivity contribution >= 4 is 5.57 Å². The lowest BCUT2D eigenvalue weighted by Crippen LogP contribution is -1.93. The summed E-state index contributed by atoms with van der Waals surface area (Å²) in [5, 5.41) is 8.96. The first-order chi connectivity index (χ1) is 10.2. The summed E-state index contributed by atoms with van der Waals surface area (Å²) >= 11 is 0. The molecule has 2 rings (SSSR count). The number of hydrogen-bond acceptors (Lipinski definition) is 3. The van der Waals surface area contributed by atoms with Crippen molar-refractivity contribution in [3.8, 4) is 22.6 Å². The molecule has 0 aliphatic heterocycles. The summed E-state index contributed by atoms with van der Waals surface area (Å²) in [7, 11) is 3.31. The maximum Gasteiger partial charge on any atom is 0.130 e. The molecule has 2 aromatic rings. The van der Waals surface area contributed by atoms with Crippen molar-refractivity contribution in [3.05, 3.63) is 54.1 Å². The fourth-order valence-corrected chi connectivity index (χ4v) is 2.29. The van der Waals surface area contributed by atoms with E-state index in [4.69, 9.17) is 14.6 Å². The largest absolute Gasteiger partial charge is 0.496 e. The average molecular weight is 284 g/mol. The Morgan fingerprint density at radius 1 is 1.00 bits per heavy atom. The van der Waals surface area contributed by atoms with E-state index in [0.29, 0.717) is 0 Å². The van der Waals surface area contributed by atoms with Gasteiger partial charge in [0.1, 0.15) is 11.5 Å². The molecule has 3 heteroatoms. The van der Waals surface area contributed by atoms with Gasteiger partial charge in [0.05, 0.1) is 26.4 Å². The van der Waals surface area contributed by atoms with Gasteiger partial charge in [-0.25, -0.2) is 0 Å². The zero-order chi connectivity index (χ0) is 15.2. The molecule has 0 saturated heterocycles. The van der Waals surface area contributed by atoms with Crippen LogP contribution in [0, 0.1) is 0 Å². The highest BCUT2D eigenvalue weighted by Crippen LogP contribution is 2.38. The van der Waals surface area contributed by atoms with Gasteiger partial charge < -0.3 is 14.6 Å². The van der Waals surface area contributed by atoms with Crippen molar-refractivity contribution in [2.75, 3.05) is 20.8 Å². The first-order valence-corrected chi connectivity index (χ1v) is 6.80. The Labute approximate surface area is 125 Å². The first-order valence-electron chi connectivity index (χ1n) is 6.80. The average Bonchev–Trinajstić information content (AvgIpc) is 2.54. The number of hydrogen-bond donors (Lipinski definition) is 1. The highest BCUT2D eigenvalue weighted by Gasteiger charge is 2.12. The third kappa shape index (κ3) is 3.26. The maximum atomic E-state index is 8.96. The summed E-state index contributed by atoms with van der Waals surface area (Å²) in [6, 6.07) is 13.9. The van der Waals surface area contributed by atoms with Crippen LogP contribution in [0.15, 0.2) is 48.5 Å².